The summed E-state index contributed by atoms with van der Waals surface area (Å²) in [5.41, 5.74) is 1.31. The molecule has 2 rings (SSSR count). The topological polar surface area (TPSA) is 30.7 Å². The zero-order valence-corrected chi connectivity index (χ0v) is 9.65. The van der Waals surface area contributed by atoms with Crippen molar-refractivity contribution in [3.8, 4) is 0 Å². The van der Waals surface area contributed by atoms with Crippen molar-refractivity contribution in [3.05, 3.63) is 23.0 Å². The molecule has 1 aromatic heterocycles. The summed E-state index contributed by atoms with van der Waals surface area (Å²) in [4.78, 5) is 0. The second-order valence-electron chi connectivity index (χ2n) is 3.06. The smallest absolute Gasteiger partial charge is 0.144 e. The van der Waals surface area contributed by atoms with Gasteiger partial charge in [-0.25, -0.2) is 9.07 Å². The van der Waals surface area contributed by atoms with Crippen LogP contribution < -0.4 is 0 Å². The highest BCUT2D eigenvalue weighted by atomic mass is 35.5. The summed E-state index contributed by atoms with van der Waals surface area (Å²) >= 11 is 7.35. The normalized spacial score (nSPS) is 11.1. The lowest BCUT2D eigenvalue weighted by molar-refractivity contribution is 0.623. The van der Waals surface area contributed by atoms with E-state index in [0.29, 0.717) is 11.0 Å². The number of rotatable bonds is 3. The van der Waals surface area contributed by atoms with Crippen molar-refractivity contribution in [3.63, 3.8) is 0 Å². The Labute approximate surface area is 95.6 Å². The fourth-order valence-electron chi connectivity index (χ4n) is 1.31. The molecule has 1 aromatic carbocycles. The Morgan fingerprint density at radius 1 is 1.53 bits per heavy atom. The van der Waals surface area contributed by atoms with Crippen LogP contribution in [0.5, 0.6) is 0 Å². The van der Waals surface area contributed by atoms with Crippen LogP contribution in [0.3, 0.4) is 0 Å². The molecule has 0 bridgehead atoms. The molecule has 0 aliphatic carbocycles. The first kappa shape index (κ1) is 10.7. The molecule has 0 N–H and O–H groups in total. The number of aryl methyl sites for hydroxylation is 1. The maximum absolute atomic E-state index is 13.2. The van der Waals surface area contributed by atoms with Gasteiger partial charge in [-0.2, -0.15) is 11.8 Å². The van der Waals surface area contributed by atoms with Crippen molar-refractivity contribution in [2.75, 3.05) is 12.0 Å². The monoisotopic (exact) mass is 245 g/mol. The number of benzene rings is 1. The predicted octanol–water partition coefficient (Wildman–Crippen LogP) is 2.59. The van der Waals surface area contributed by atoms with Gasteiger partial charge in [0.1, 0.15) is 11.3 Å². The van der Waals surface area contributed by atoms with Crippen molar-refractivity contribution in [1.82, 2.24) is 15.0 Å². The highest BCUT2D eigenvalue weighted by Gasteiger charge is 2.08. The van der Waals surface area contributed by atoms with Crippen LogP contribution in [-0.2, 0) is 6.54 Å². The van der Waals surface area contributed by atoms with Gasteiger partial charge in [-0.05, 0) is 12.3 Å². The lowest BCUT2D eigenvalue weighted by atomic mass is 10.3. The molecule has 1 heterocycles. The molecule has 0 saturated heterocycles. The molecule has 0 amide bonds. The standard InChI is InChI=1S/C9H9ClFN3S/c1-15-3-2-14-9-5-7(11)6(10)4-8(9)12-13-14/h4-5H,2-3H2,1H3. The molecular weight excluding hydrogens is 237 g/mol. The average molecular weight is 246 g/mol. The zero-order valence-electron chi connectivity index (χ0n) is 8.07. The molecule has 0 saturated carbocycles. The van der Waals surface area contributed by atoms with Gasteiger partial charge >= 0.3 is 0 Å². The van der Waals surface area contributed by atoms with Gasteiger partial charge in [0.15, 0.2) is 0 Å². The molecule has 15 heavy (non-hydrogen) atoms. The van der Waals surface area contributed by atoms with Crippen LogP contribution in [0.2, 0.25) is 5.02 Å². The molecule has 80 valence electrons. The van der Waals surface area contributed by atoms with Crippen LogP contribution in [0.1, 0.15) is 0 Å². The Balaban J connectivity index is 2.45. The third kappa shape index (κ3) is 2.08. The minimum atomic E-state index is -0.433. The van der Waals surface area contributed by atoms with Gasteiger partial charge in [0, 0.05) is 11.8 Å². The Bertz CT molecular complexity index is 485. The van der Waals surface area contributed by atoms with E-state index in [4.69, 9.17) is 11.6 Å². The van der Waals surface area contributed by atoms with Crippen molar-refractivity contribution < 1.29 is 4.39 Å². The lowest BCUT2D eigenvalue weighted by Crippen LogP contribution is -2.02. The third-order valence-corrected chi connectivity index (χ3v) is 2.94. The summed E-state index contributed by atoms with van der Waals surface area (Å²) in [6.07, 6.45) is 2.01. The predicted molar refractivity (Wildman–Crippen MR) is 60.9 cm³/mol. The van der Waals surface area contributed by atoms with Gasteiger partial charge in [0.05, 0.1) is 17.1 Å². The van der Waals surface area contributed by atoms with Gasteiger partial charge in [0.25, 0.3) is 0 Å². The van der Waals surface area contributed by atoms with Gasteiger partial charge < -0.3 is 0 Å². The van der Waals surface area contributed by atoms with E-state index >= 15 is 0 Å². The third-order valence-electron chi connectivity index (χ3n) is 2.06. The van der Waals surface area contributed by atoms with Crippen LogP contribution in [0.4, 0.5) is 4.39 Å². The molecule has 0 spiro atoms. The second kappa shape index (κ2) is 4.37. The number of thioether (sulfide) groups is 1. The average Bonchev–Trinajstić information content (AvgIpc) is 2.59. The summed E-state index contributed by atoms with van der Waals surface area (Å²) in [5, 5.41) is 7.95. The van der Waals surface area contributed by atoms with Gasteiger partial charge in [-0.1, -0.05) is 16.8 Å². The van der Waals surface area contributed by atoms with Crippen molar-refractivity contribution in [2.45, 2.75) is 6.54 Å². The first-order valence-electron chi connectivity index (χ1n) is 4.39. The molecule has 6 heteroatoms. The van der Waals surface area contributed by atoms with Crippen LogP contribution in [0.25, 0.3) is 11.0 Å². The number of halogens is 2. The highest BCUT2D eigenvalue weighted by Crippen LogP contribution is 2.21. The molecule has 3 nitrogen and oxygen atoms in total. The minimum Gasteiger partial charge on any atom is -0.244 e. The maximum Gasteiger partial charge on any atom is 0.144 e. The number of fused-ring (bicyclic) bond motifs is 1. The van der Waals surface area contributed by atoms with Gasteiger partial charge in [-0.15, -0.1) is 5.10 Å². The van der Waals surface area contributed by atoms with Crippen LogP contribution >= 0.6 is 23.4 Å². The molecule has 0 radical (unpaired) electrons. The second-order valence-corrected chi connectivity index (χ2v) is 4.45. The first-order chi connectivity index (χ1) is 7.22. The van der Waals surface area contributed by atoms with Gasteiger partial charge in [-0.3, -0.25) is 0 Å². The Morgan fingerprint density at radius 2 is 2.33 bits per heavy atom. The summed E-state index contributed by atoms with van der Waals surface area (Å²) in [6, 6.07) is 2.87. The van der Waals surface area contributed by atoms with Crippen LogP contribution in [0.15, 0.2) is 12.1 Å². The Kier molecular flexibility index (Phi) is 3.11. The van der Waals surface area contributed by atoms with Gasteiger partial charge in [0.2, 0.25) is 0 Å². The van der Waals surface area contributed by atoms with E-state index in [1.807, 2.05) is 6.26 Å². The molecule has 0 atom stereocenters. The van der Waals surface area contributed by atoms with E-state index in [0.717, 1.165) is 12.3 Å². The quantitative estimate of drug-likeness (QED) is 0.833. The van der Waals surface area contributed by atoms with Crippen LogP contribution in [-0.4, -0.2) is 27.0 Å². The number of hydrogen-bond acceptors (Lipinski definition) is 3. The van der Waals surface area contributed by atoms with E-state index in [-0.39, 0.29) is 5.02 Å². The molecule has 0 aliphatic heterocycles. The van der Waals surface area contributed by atoms with E-state index in [9.17, 15) is 4.39 Å². The molecule has 2 aromatic rings. The minimum absolute atomic E-state index is 0.0828. The fourth-order valence-corrected chi connectivity index (χ4v) is 1.82. The van der Waals surface area contributed by atoms with E-state index < -0.39 is 5.82 Å². The Hall–Kier alpha value is -0.810. The SMILES string of the molecule is CSCCn1nnc2cc(Cl)c(F)cc21. The van der Waals surface area contributed by atoms with E-state index in [1.54, 1.807) is 16.4 Å². The number of hydrogen-bond donors (Lipinski definition) is 0. The maximum atomic E-state index is 13.2. The molecule has 0 fully saturated rings. The molecule has 0 unspecified atom stereocenters. The summed E-state index contributed by atoms with van der Waals surface area (Å²) < 4.78 is 14.9. The van der Waals surface area contributed by atoms with Crippen LogP contribution in [0, 0.1) is 5.82 Å². The van der Waals surface area contributed by atoms with Crippen molar-refractivity contribution in [1.29, 1.82) is 0 Å². The first-order valence-corrected chi connectivity index (χ1v) is 6.16. The van der Waals surface area contributed by atoms with Crippen molar-refractivity contribution in [2.24, 2.45) is 0 Å². The number of aromatic nitrogens is 3. The summed E-state index contributed by atoms with van der Waals surface area (Å²) in [5.74, 6) is 0.486. The summed E-state index contributed by atoms with van der Waals surface area (Å²) in [6.45, 7) is 0.721. The van der Waals surface area contributed by atoms with E-state index in [1.165, 1.54) is 12.1 Å². The van der Waals surface area contributed by atoms with E-state index in [2.05, 4.69) is 10.3 Å². The fraction of sp³-hybridized carbons (Fsp3) is 0.333. The molecule has 0 aliphatic rings. The lowest BCUT2D eigenvalue weighted by Gasteiger charge is -2.00. The largest absolute Gasteiger partial charge is 0.244 e. The Morgan fingerprint density at radius 3 is 3.07 bits per heavy atom. The highest BCUT2D eigenvalue weighted by molar-refractivity contribution is 7.98. The number of nitrogens with zero attached hydrogens (tertiary/aromatic N) is 3. The zero-order chi connectivity index (χ0) is 10.8. The van der Waals surface area contributed by atoms with Crippen molar-refractivity contribution >= 4 is 34.4 Å². The summed E-state index contributed by atoms with van der Waals surface area (Å²) in [7, 11) is 0. The molecular formula is C9H9ClFN3S.